The average molecular weight is 231 g/mol. The first kappa shape index (κ1) is 11.5. The molecule has 1 aliphatic rings. The fourth-order valence-corrected chi connectivity index (χ4v) is 1.31. The summed E-state index contributed by atoms with van der Waals surface area (Å²) >= 11 is 10.8. The van der Waals surface area contributed by atoms with Crippen molar-refractivity contribution in [1.29, 1.82) is 0 Å². The van der Waals surface area contributed by atoms with Crippen LogP contribution in [0.3, 0.4) is 0 Å². The van der Waals surface area contributed by atoms with Crippen LogP contribution in [-0.2, 0) is 0 Å². The van der Waals surface area contributed by atoms with E-state index in [-0.39, 0.29) is 0 Å². The van der Waals surface area contributed by atoms with Crippen LogP contribution in [0.25, 0.3) is 0 Å². The Morgan fingerprint density at radius 1 is 1.07 bits per heavy atom. The normalized spacial score (nSPS) is 13.6. The maximum absolute atomic E-state index is 10.5. The van der Waals surface area contributed by atoms with Crippen LogP contribution in [0.1, 0.15) is 36.0 Å². The van der Waals surface area contributed by atoms with Gasteiger partial charge in [0.15, 0.2) is 0 Å². The van der Waals surface area contributed by atoms with Crippen molar-refractivity contribution in [2.24, 2.45) is 0 Å². The van der Waals surface area contributed by atoms with Crippen molar-refractivity contribution in [2.75, 3.05) is 0 Å². The Morgan fingerprint density at radius 3 is 1.86 bits per heavy atom. The molecule has 0 bridgehead atoms. The maximum Gasteiger partial charge on any atom is 0.253 e. The lowest BCUT2D eigenvalue weighted by atomic mass is 10.0. The molecule has 3 heteroatoms. The van der Waals surface area contributed by atoms with Crippen molar-refractivity contribution in [3.05, 3.63) is 34.9 Å². The summed E-state index contributed by atoms with van der Waals surface area (Å²) < 4.78 is 0. The van der Waals surface area contributed by atoms with E-state index in [4.69, 9.17) is 23.2 Å². The van der Waals surface area contributed by atoms with Gasteiger partial charge in [0.1, 0.15) is 0 Å². The van der Waals surface area contributed by atoms with Gasteiger partial charge in [-0.05, 0) is 23.7 Å². The molecule has 0 aromatic heterocycles. The number of hydrogen-bond donors (Lipinski definition) is 0. The third kappa shape index (κ3) is 3.69. The zero-order valence-electron chi connectivity index (χ0n) is 7.80. The van der Waals surface area contributed by atoms with Gasteiger partial charge in [0, 0.05) is 0 Å². The predicted octanol–water partition coefficient (Wildman–Crippen LogP) is 4.28. The quantitative estimate of drug-likeness (QED) is 0.659. The molecular formula is C11H12Cl2O. The molecule has 0 N–H and O–H groups in total. The third-order valence-corrected chi connectivity index (χ3v) is 2.62. The summed E-state index contributed by atoms with van der Waals surface area (Å²) in [5.41, 5.74) is 0.353. The van der Waals surface area contributed by atoms with Gasteiger partial charge in [0.2, 0.25) is 0 Å². The van der Waals surface area contributed by atoms with E-state index in [1.165, 1.54) is 25.7 Å². The van der Waals surface area contributed by atoms with Crippen LogP contribution in [0.4, 0.5) is 0 Å². The van der Waals surface area contributed by atoms with E-state index in [0.717, 1.165) is 0 Å². The van der Waals surface area contributed by atoms with E-state index in [1.54, 1.807) is 24.3 Å². The van der Waals surface area contributed by atoms with E-state index < -0.39 is 5.24 Å². The SMILES string of the molecule is C1CCC1.O=C(Cl)c1ccccc1Cl. The van der Waals surface area contributed by atoms with Gasteiger partial charge in [-0.25, -0.2) is 0 Å². The molecule has 0 atom stereocenters. The monoisotopic (exact) mass is 230 g/mol. The lowest BCUT2D eigenvalue weighted by Crippen LogP contribution is -1.87. The van der Waals surface area contributed by atoms with Gasteiger partial charge in [0.25, 0.3) is 5.24 Å². The molecule has 1 fully saturated rings. The summed E-state index contributed by atoms with van der Waals surface area (Å²) in [7, 11) is 0. The molecule has 1 aromatic rings. The Bertz CT molecular complexity index is 302. The van der Waals surface area contributed by atoms with Crippen molar-refractivity contribution in [3.63, 3.8) is 0 Å². The zero-order chi connectivity index (χ0) is 10.4. The molecule has 0 heterocycles. The summed E-state index contributed by atoms with van der Waals surface area (Å²) in [6.45, 7) is 0. The standard InChI is InChI=1S/C7H4Cl2O.C4H8/c8-6-4-2-1-3-5(6)7(9)10;1-2-4-3-1/h1-4H;1-4H2. The number of halogens is 2. The van der Waals surface area contributed by atoms with Crippen LogP contribution < -0.4 is 0 Å². The smallest absolute Gasteiger partial charge is 0.253 e. The minimum Gasteiger partial charge on any atom is -0.276 e. The maximum atomic E-state index is 10.5. The number of benzene rings is 1. The van der Waals surface area contributed by atoms with Crippen molar-refractivity contribution < 1.29 is 4.79 Å². The molecule has 0 radical (unpaired) electrons. The van der Waals surface area contributed by atoms with Gasteiger partial charge in [0.05, 0.1) is 10.6 Å². The van der Waals surface area contributed by atoms with Gasteiger partial charge in [-0.2, -0.15) is 0 Å². The van der Waals surface area contributed by atoms with Gasteiger partial charge in [-0.15, -0.1) is 0 Å². The Hall–Kier alpha value is -0.530. The third-order valence-electron chi connectivity index (χ3n) is 2.09. The largest absolute Gasteiger partial charge is 0.276 e. The Morgan fingerprint density at radius 2 is 1.57 bits per heavy atom. The number of hydrogen-bond acceptors (Lipinski definition) is 1. The second kappa shape index (κ2) is 6.05. The molecule has 0 aliphatic heterocycles. The van der Waals surface area contributed by atoms with E-state index in [2.05, 4.69) is 0 Å². The van der Waals surface area contributed by atoms with Crippen LogP contribution in [-0.4, -0.2) is 5.24 Å². The number of carbonyl (C=O) groups is 1. The van der Waals surface area contributed by atoms with Crippen LogP contribution in [0, 0.1) is 0 Å². The molecule has 1 aliphatic carbocycles. The molecule has 1 nitrogen and oxygen atoms in total. The highest BCUT2D eigenvalue weighted by Crippen LogP contribution is 2.16. The lowest BCUT2D eigenvalue weighted by Gasteiger charge is -2.05. The van der Waals surface area contributed by atoms with Crippen LogP contribution in [0.5, 0.6) is 0 Å². The summed E-state index contributed by atoms with van der Waals surface area (Å²) in [6, 6.07) is 6.65. The molecule has 0 spiro atoms. The first-order valence-corrected chi connectivity index (χ1v) is 5.42. The molecule has 1 aromatic carbocycles. The van der Waals surface area contributed by atoms with E-state index >= 15 is 0 Å². The Kier molecular flexibility index (Phi) is 4.99. The fraction of sp³-hybridized carbons (Fsp3) is 0.364. The topological polar surface area (TPSA) is 17.1 Å². The lowest BCUT2D eigenvalue weighted by molar-refractivity contribution is 0.108. The van der Waals surface area contributed by atoms with Crippen LogP contribution >= 0.6 is 23.2 Å². The highest BCUT2D eigenvalue weighted by Gasteiger charge is 2.04. The van der Waals surface area contributed by atoms with Gasteiger partial charge in [-0.3, -0.25) is 4.79 Å². The van der Waals surface area contributed by atoms with Gasteiger partial charge in [-0.1, -0.05) is 49.4 Å². The van der Waals surface area contributed by atoms with E-state index in [9.17, 15) is 4.79 Å². The fourth-order valence-electron chi connectivity index (χ4n) is 0.871. The summed E-state index contributed by atoms with van der Waals surface area (Å²) in [5, 5.41) is -0.131. The zero-order valence-corrected chi connectivity index (χ0v) is 9.31. The van der Waals surface area contributed by atoms with Crippen LogP contribution in [0.15, 0.2) is 24.3 Å². The molecule has 14 heavy (non-hydrogen) atoms. The highest BCUT2D eigenvalue weighted by molar-refractivity contribution is 6.68. The molecule has 2 rings (SSSR count). The van der Waals surface area contributed by atoms with Gasteiger partial charge >= 0.3 is 0 Å². The molecule has 0 amide bonds. The highest BCUT2D eigenvalue weighted by atomic mass is 35.5. The predicted molar refractivity (Wildman–Crippen MR) is 60.1 cm³/mol. The van der Waals surface area contributed by atoms with E-state index in [1.807, 2.05) is 0 Å². The minimum atomic E-state index is -0.523. The van der Waals surface area contributed by atoms with Gasteiger partial charge < -0.3 is 0 Å². The Balaban J connectivity index is 0.000000203. The first-order valence-electron chi connectivity index (χ1n) is 4.66. The van der Waals surface area contributed by atoms with Crippen molar-refractivity contribution in [3.8, 4) is 0 Å². The summed E-state index contributed by atoms with van der Waals surface area (Å²) in [4.78, 5) is 10.5. The van der Waals surface area contributed by atoms with Crippen molar-refractivity contribution >= 4 is 28.4 Å². The molecule has 76 valence electrons. The van der Waals surface area contributed by atoms with E-state index in [0.29, 0.717) is 10.6 Å². The number of carbonyl (C=O) groups excluding carboxylic acids is 1. The second-order valence-electron chi connectivity index (χ2n) is 3.17. The average Bonchev–Trinajstić information content (AvgIpc) is 2.01. The summed E-state index contributed by atoms with van der Waals surface area (Å²) in [5.74, 6) is 0. The molecular weight excluding hydrogens is 219 g/mol. The Labute approximate surface area is 94.0 Å². The van der Waals surface area contributed by atoms with Crippen molar-refractivity contribution in [1.82, 2.24) is 0 Å². The van der Waals surface area contributed by atoms with Crippen LogP contribution in [0.2, 0.25) is 5.02 Å². The minimum absolute atomic E-state index is 0.353. The molecule has 0 saturated heterocycles. The molecule has 0 unspecified atom stereocenters. The second-order valence-corrected chi connectivity index (χ2v) is 3.92. The first-order chi connectivity index (χ1) is 6.72. The van der Waals surface area contributed by atoms with Crippen molar-refractivity contribution in [2.45, 2.75) is 25.7 Å². The number of rotatable bonds is 1. The molecule has 1 saturated carbocycles. The summed E-state index contributed by atoms with van der Waals surface area (Å²) in [6.07, 6.45) is 6.00.